The van der Waals surface area contributed by atoms with Crippen LogP contribution in [0.2, 0.25) is 0 Å². The standard InChI is InChI=1S/C13H15N3OS/c17-12-10-7-4-8-14-11(10)16(13(18)15-12)9-5-2-1-3-6-9/h4,7-9H,1-3,5-6H2,(H,15,17,18). The van der Waals surface area contributed by atoms with E-state index in [1.807, 2.05) is 4.57 Å². The van der Waals surface area contributed by atoms with E-state index in [-0.39, 0.29) is 5.56 Å². The number of fused-ring (bicyclic) bond motifs is 1. The fourth-order valence-electron chi connectivity index (χ4n) is 2.77. The first kappa shape index (κ1) is 11.6. The van der Waals surface area contributed by atoms with E-state index in [9.17, 15) is 4.79 Å². The Labute approximate surface area is 110 Å². The van der Waals surface area contributed by atoms with E-state index in [4.69, 9.17) is 12.2 Å². The monoisotopic (exact) mass is 261 g/mol. The summed E-state index contributed by atoms with van der Waals surface area (Å²) in [6.45, 7) is 0. The molecule has 0 aliphatic heterocycles. The van der Waals surface area contributed by atoms with Crippen molar-refractivity contribution in [3.05, 3.63) is 33.5 Å². The zero-order chi connectivity index (χ0) is 12.5. The third-order valence-corrected chi connectivity index (χ3v) is 3.94. The first-order valence-corrected chi connectivity index (χ1v) is 6.78. The van der Waals surface area contributed by atoms with Gasteiger partial charge in [0.25, 0.3) is 5.56 Å². The van der Waals surface area contributed by atoms with Crippen LogP contribution in [0.25, 0.3) is 11.0 Å². The molecule has 3 rings (SSSR count). The third kappa shape index (κ3) is 1.88. The Kier molecular flexibility index (Phi) is 2.99. The van der Waals surface area contributed by atoms with Gasteiger partial charge in [0.1, 0.15) is 5.65 Å². The number of nitrogens with one attached hydrogen (secondary N) is 1. The van der Waals surface area contributed by atoms with Crippen LogP contribution in [0.3, 0.4) is 0 Å². The molecule has 0 atom stereocenters. The van der Waals surface area contributed by atoms with Crippen LogP contribution in [-0.2, 0) is 0 Å². The number of hydrogen-bond donors (Lipinski definition) is 1. The van der Waals surface area contributed by atoms with Crippen LogP contribution in [0, 0.1) is 4.77 Å². The summed E-state index contributed by atoms with van der Waals surface area (Å²) in [6, 6.07) is 3.96. The predicted molar refractivity (Wildman–Crippen MR) is 73.3 cm³/mol. The van der Waals surface area contributed by atoms with Crippen molar-refractivity contribution in [3.8, 4) is 0 Å². The predicted octanol–water partition coefficient (Wildman–Crippen LogP) is 2.96. The highest BCUT2D eigenvalue weighted by molar-refractivity contribution is 7.71. The lowest BCUT2D eigenvalue weighted by Crippen LogP contribution is -2.21. The second-order valence-corrected chi connectivity index (χ2v) is 5.18. The van der Waals surface area contributed by atoms with Gasteiger partial charge in [0.2, 0.25) is 0 Å². The van der Waals surface area contributed by atoms with Gasteiger partial charge in [0.15, 0.2) is 4.77 Å². The molecule has 0 unspecified atom stereocenters. The largest absolute Gasteiger partial charge is 0.299 e. The number of aromatic nitrogens is 3. The van der Waals surface area contributed by atoms with Crippen LogP contribution in [0.1, 0.15) is 38.1 Å². The van der Waals surface area contributed by atoms with Gasteiger partial charge < -0.3 is 0 Å². The zero-order valence-corrected chi connectivity index (χ0v) is 10.9. The van der Waals surface area contributed by atoms with Gasteiger partial charge >= 0.3 is 0 Å². The molecule has 1 N–H and O–H groups in total. The Hall–Kier alpha value is -1.49. The van der Waals surface area contributed by atoms with Crippen molar-refractivity contribution in [1.29, 1.82) is 0 Å². The molecule has 1 aliphatic carbocycles. The maximum atomic E-state index is 11.9. The van der Waals surface area contributed by atoms with Gasteiger partial charge in [-0.05, 0) is 37.2 Å². The molecular formula is C13H15N3OS. The molecule has 0 amide bonds. The van der Waals surface area contributed by atoms with Crippen molar-refractivity contribution in [3.63, 3.8) is 0 Å². The average Bonchev–Trinajstić information content (AvgIpc) is 2.40. The lowest BCUT2D eigenvalue weighted by molar-refractivity contribution is 0.353. The van der Waals surface area contributed by atoms with E-state index in [0.29, 0.717) is 16.2 Å². The number of H-pyrrole nitrogens is 1. The summed E-state index contributed by atoms with van der Waals surface area (Å²) in [5, 5.41) is 0.622. The molecule has 2 heterocycles. The Morgan fingerprint density at radius 1 is 1.33 bits per heavy atom. The van der Waals surface area contributed by atoms with Crippen LogP contribution >= 0.6 is 12.2 Å². The van der Waals surface area contributed by atoms with Gasteiger partial charge in [0.05, 0.1) is 5.39 Å². The van der Waals surface area contributed by atoms with Gasteiger partial charge in [0, 0.05) is 12.2 Å². The van der Waals surface area contributed by atoms with Gasteiger partial charge in [-0.1, -0.05) is 19.3 Å². The number of hydrogen-bond acceptors (Lipinski definition) is 3. The van der Waals surface area contributed by atoms with E-state index in [1.165, 1.54) is 19.3 Å². The van der Waals surface area contributed by atoms with Crippen molar-refractivity contribution in [2.45, 2.75) is 38.1 Å². The van der Waals surface area contributed by atoms with E-state index in [0.717, 1.165) is 18.5 Å². The summed E-state index contributed by atoms with van der Waals surface area (Å²) in [4.78, 5) is 19.0. The maximum absolute atomic E-state index is 11.9. The smallest absolute Gasteiger partial charge is 0.261 e. The maximum Gasteiger partial charge on any atom is 0.261 e. The highest BCUT2D eigenvalue weighted by Gasteiger charge is 2.18. The molecule has 0 radical (unpaired) electrons. The van der Waals surface area contributed by atoms with Crippen LogP contribution in [-0.4, -0.2) is 14.5 Å². The molecular weight excluding hydrogens is 246 g/mol. The molecule has 1 fully saturated rings. The van der Waals surface area contributed by atoms with Gasteiger partial charge in [-0.25, -0.2) is 4.98 Å². The minimum Gasteiger partial charge on any atom is -0.299 e. The molecule has 1 aliphatic rings. The molecule has 5 heteroatoms. The Morgan fingerprint density at radius 2 is 2.11 bits per heavy atom. The van der Waals surface area contributed by atoms with E-state index in [2.05, 4.69) is 9.97 Å². The summed E-state index contributed by atoms with van der Waals surface area (Å²) < 4.78 is 2.53. The van der Waals surface area contributed by atoms with Gasteiger partial charge in [-0.2, -0.15) is 0 Å². The third-order valence-electron chi connectivity index (χ3n) is 3.64. The minimum absolute atomic E-state index is 0.143. The molecule has 4 nitrogen and oxygen atoms in total. The quantitative estimate of drug-likeness (QED) is 0.803. The van der Waals surface area contributed by atoms with E-state index >= 15 is 0 Å². The van der Waals surface area contributed by atoms with Crippen LogP contribution < -0.4 is 5.56 Å². The zero-order valence-electron chi connectivity index (χ0n) is 10.1. The summed E-state index contributed by atoms with van der Waals surface area (Å²) in [6.07, 6.45) is 7.69. The van der Waals surface area contributed by atoms with Crippen molar-refractivity contribution in [2.75, 3.05) is 0 Å². The molecule has 2 aromatic heterocycles. The second-order valence-electron chi connectivity index (χ2n) is 4.80. The second kappa shape index (κ2) is 4.65. The van der Waals surface area contributed by atoms with E-state index in [1.54, 1.807) is 18.3 Å². The normalized spacial score (nSPS) is 17.1. The molecule has 94 valence electrons. The summed E-state index contributed by atoms with van der Waals surface area (Å²) in [7, 11) is 0. The highest BCUT2D eigenvalue weighted by Crippen LogP contribution is 2.29. The topological polar surface area (TPSA) is 50.7 Å². The number of pyridine rings is 1. The summed E-state index contributed by atoms with van der Waals surface area (Å²) in [5.41, 5.74) is 0.577. The molecule has 0 aromatic carbocycles. The fraction of sp³-hybridized carbons (Fsp3) is 0.462. The summed E-state index contributed by atoms with van der Waals surface area (Å²) >= 11 is 5.32. The van der Waals surface area contributed by atoms with Gasteiger partial charge in [-0.3, -0.25) is 14.3 Å². The lowest BCUT2D eigenvalue weighted by atomic mass is 9.95. The van der Waals surface area contributed by atoms with Crippen molar-refractivity contribution >= 4 is 23.3 Å². The SMILES string of the molecule is O=c1[nH]c(=S)n(C2CCCCC2)c2ncccc12. The number of nitrogens with zero attached hydrogens (tertiary/aromatic N) is 2. The molecule has 2 aromatic rings. The van der Waals surface area contributed by atoms with E-state index < -0.39 is 0 Å². The molecule has 18 heavy (non-hydrogen) atoms. The first-order valence-electron chi connectivity index (χ1n) is 6.37. The number of aromatic amines is 1. The Morgan fingerprint density at radius 3 is 2.89 bits per heavy atom. The number of rotatable bonds is 1. The fourth-order valence-corrected chi connectivity index (χ4v) is 3.09. The lowest BCUT2D eigenvalue weighted by Gasteiger charge is -2.25. The Balaban J connectivity index is 2.27. The highest BCUT2D eigenvalue weighted by atomic mass is 32.1. The molecule has 1 saturated carbocycles. The Bertz CT molecular complexity index is 682. The average molecular weight is 261 g/mol. The minimum atomic E-state index is -0.143. The van der Waals surface area contributed by atoms with Gasteiger partial charge in [-0.15, -0.1) is 0 Å². The van der Waals surface area contributed by atoms with Crippen LogP contribution in [0.5, 0.6) is 0 Å². The molecule has 0 bridgehead atoms. The van der Waals surface area contributed by atoms with Crippen molar-refractivity contribution < 1.29 is 0 Å². The first-order chi connectivity index (χ1) is 8.77. The molecule has 0 spiro atoms. The summed E-state index contributed by atoms with van der Waals surface area (Å²) in [5.74, 6) is 0. The van der Waals surface area contributed by atoms with Crippen LogP contribution in [0.15, 0.2) is 23.1 Å². The molecule has 0 saturated heterocycles. The van der Waals surface area contributed by atoms with Crippen LogP contribution in [0.4, 0.5) is 0 Å². The van der Waals surface area contributed by atoms with Crippen molar-refractivity contribution in [1.82, 2.24) is 14.5 Å². The van der Waals surface area contributed by atoms with Crippen molar-refractivity contribution in [2.24, 2.45) is 0 Å².